The van der Waals surface area contributed by atoms with E-state index in [0.29, 0.717) is 6.87 Å². The second-order valence-corrected chi connectivity index (χ2v) is 2.56. The standard InChI is InChI=1S/C4H14B2N2.H3N/c1-7(2)6(5)8(3)4;/h5H2,1-4H3;1H3/p+1. The topological polar surface area (TPSA) is 41.5 Å². The molecule has 0 saturated carbocycles. The molecule has 9 heavy (non-hydrogen) atoms. The summed E-state index contributed by atoms with van der Waals surface area (Å²) in [5, 5.41) is 0. The van der Waals surface area contributed by atoms with Gasteiger partial charge >= 0.3 is 1.43 Å². The molecule has 0 heterocycles. The van der Waals surface area contributed by atoms with Gasteiger partial charge < -0.3 is 15.8 Å². The van der Waals surface area contributed by atoms with Crippen LogP contribution in [0.4, 0.5) is 0 Å². The third-order valence-electron chi connectivity index (χ3n) is 1.49. The molecule has 0 spiro atoms. The van der Waals surface area contributed by atoms with Gasteiger partial charge in [0.1, 0.15) is 7.74 Å². The number of rotatable bonds is 2. The van der Waals surface area contributed by atoms with Crippen molar-refractivity contribution in [1.82, 2.24) is 15.8 Å². The second-order valence-electron chi connectivity index (χ2n) is 2.56. The summed E-state index contributed by atoms with van der Waals surface area (Å²) in [4.78, 5) is 4.33. The van der Waals surface area contributed by atoms with E-state index >= 15 is 0 Å². The summed E-state index contributed by atoms with van der Waals surface area (Å²) in [6.45, 7) is 0.537. The van der Waals surface area contributed by atoms with Crippen molar-refractivity contribution in [3.8, 4) is 0 Å². The van der Waals surface area contributed by atoms with E-state index in [1.54, 1.807) is 0 Å². The van der Waals surface area contributed by atoms with Crippen LogP contribution >= 0.6 is 0 Å². The third kappa shape index (κ3) is 4.51. The molecule has 3 N–H and O–H groups in total. The predicted octanol–water partition coefficient (Wildman–Crippen LogP) is -0.998. The lowest BCUT2D eigenvalue weighted by Crippen LogP contribution is -2.46. The molecule has 0 aliphatic heterocycles. The highest BCUT2D eigenvalue weighted by molar-refractivity contribution is 6.99. The van der Waals surface area contributed by atoms with Crippen LogP contribution in [-0.4, -0.2) is 52.4 Å². The minimum Gasteiger partial charge on any atom is -0.344 e. The fourth-order valence-electron chi connectivity index (χ4n) is 0.462. The number of hydrogen-bond donors (Lipinski definition) is 1. The van der Waals surface area contributed by atoms with Gasteiger partial charge in [-0.15, -0.1) is 0 Å². The van der Waals surface area contributed by atoms with E-state index in [1.165, 1.54) is 0 Å². The molecule has 5 heteroatoms. The summed E-state index contributed by atoms with van der Waals surface area (Å²) in [5.74, 6) is 0. The largest absolute Gasteiger partial charge is 1.00 e. The molecule has 0 amide bonds. The smallest absolute Gasteiger partial charge is 0.344 e. The Balaban J connectivity index is -0.000000245. The van der Waals surface area contributed by atoms with Crippen molar-refractivity contribution in [3.63, 3.8) is 0 Å². The van der Waals surface area contributed by atoms with Crippen molar-refractivity contribution in [1.29, 1.82) is 0 Å². The van der Waals surface area contributed by atoms with Crippen LogP contribution in [0.2, 0.25) is 0 Å². The highest BCUT2D eigenvalue weighted by atomic mass is 15.1. The zero-order chi connectivity index (χ0) is 6.73. The fraction of sp³-hybridized carbons (Fsp3) is 1.00. The molecule has 3 nitrogen and oxygen atoms in total. The van der Waals surface area contributed by atoms with E-state index in [9.17, 15) is 0 Å². The Morgan fingerprint density at radius 3 is 1.33 bits per heavy atom. The zero-order valence-electron chi connectivity index (χ0n) is 8.18. The lowest BCUT2D eigenvalue weighted by Gasteiger charge is -2.22. The van der Waals surface area contributed by atoms with Crippen molar-refractivity contribution < 1.29 is 1.43 Å². The molecule has 0 bridgehead atoms. The second kappa shape index (κ2) is 4.85. The molecular formula is C4H18B2N3+. The zero-order valence-corrected chi connectivity index (χ0v) is 7.18. The van der Waals surface area contributed by atoms with E-state index in [4.69, 9.17) is 0 Å². The third-order valence-corrected chi connectivity index (χ3v) is 1.49. The van der Waals surface area contributed by atoms with Crippen LogP contribution in [0.25, 0.3) is 0 Å². The van der Waals surface area contributed by atoms with Gasteiger partial charge in [-0.2, -0.15) is 0 Å². The minimum absolute atomic E-state index is 0. The van der Waals surface area contributed by atoms with Crippen molar-refractivity contribution in [2.75, 3.05) is 28.2 Å². The first kappa shape index (κ1) is 11.8. The molecular weight excluding hydrogens is 112 g/mol. The Bertz CT molecular complexity index is 63.5. The maximum Gasteiger partial charge on any atom is 1.00 e. The van der Waals surface area contributed by atoms with E-state index in [2.05, 4.69) is 45.5 Å². The lowest BCUT2D eigenvalue weighted by molar-refractivity contribution is 0.539. The van der Waals surface area contributed by atoms with Crippen molar-refractivity contribution in [2.24, 2.45) is 0 Å². The van der Waals surface area contributed by atoms with E-state index in [0.717, 1.165) is 0 Å². The molecule has 0 aromatic heterocycles. The summed E-state index contributed by atoms with van der Waals surface area (Å²) in [7, 11) is 10.5. The van der Waals surface area contributed by atoms with Gasteiger partial charge in [-0.1, -0.05) is 0 Å². The van der Waals surface area contributed by atoms with E-state index in [-0.39, 0.29) is 7.58 Å². The molecule has 0 aromatic rings. The van der Waals surface area contributed by atoms with Crippen LogP contribution in [0.3, 0.4) is 0 Å². The summed E-state index contributed by atoms with van der Waals surface area (Å²) in [6, 6.07) is 0. The number of hydrogen-bond acceptors (Lipinski definition) is 3. The van der Waals surface area contributed by atoms with Gasteiger partial charge in [0.25, 0.3) is 6.87 Å². The van der Waals surface area contributed by atoms with E-state index < -0.39 is 0 Å². The molecule has 0 radical (unpaired) electrons. The Morgan fingerprint density at radius 1 is 1.11 bits per heavy atom. The maximum atomic E-state index is 2.17. The predicted molar refractivity (Wildman–Crippen MR) is 47.8 cm³/mol. The molecule has 0 atom stereocenters. The van der Waals surface area contributed by atoms with Crippen LogP contribution in [-0.2, 0) is 0 Å². The van der Waals surface area contributed by atoms with Crippen LogP contribution < -0.4 is 6.15 Å². The average Bonchev–Trinajstić information content (AvgIpc) is 1.64. The highest BCUT2D eigenvalue weighted by Crippen LogP contribution is 1.82. The number of nitrogens with zero attached hydrogens (tertiary/aromatic N) is 2. The van der Waals surface area contributed by atoms with Gasteiger partial charge in [0, 0.05) is 0 Å². The van der Waals surface area contributed by atoms with Crippen molar-refractivity contribution in [2.45, 2.75) is 0 Å². The molecule has 0 aliphatic carbocycles. The van der Waals surface area contributed by atoms with Gasteiger partial charge in [-0.05, 0) is 28.2 Å². The quantitative estimate of drug-likeness (QED) is 0.487. The molecule has 0 aliphatic rings. The van der Waals surface area contributed by atoms with Gasteiger partial charge in [-0.3, -0.25) is 0 Å². The first-order valence-electron chi connectivity index (χ1n) is 2.88. The highest BCUT2D eigenvalue weighted by Gasteiger charge is 2.10. The van der Waals surface area contributed by atoms with Crippen LogP contribution in [0.15, 0.2) is 0 Å². The minimum atomic E-state index is 0. The summed E-state index contributed by atoms with van der Waals surface area (Å²) in [5.41, 5.74) is 0. The Labute approximate surface area is 61.0 Å². The fourth-order valence-corrected chi connectivity index (χ4v) is 0.462. The van der Waals surface area contributed by atoms with Gasteiger partial charge in [0.15, 0.2) is 0 Å². The summed E-state index contributed by atoms with van der Waals surface area (Å²) >= 11 is 0. The molecule has 0 fully saturated rings. The van der Waals surface area contributed by atoms with Crippen LogP contribution in [0, 0.1) is 0 Å². The SMILES string of the molecule is BB(N(C)C)N(C)C.N.[H+]. The first-order valence-corrected chi connectivity index (χ1v) is 2.88. The molecule has 0 unspecified atom stereocenters. The summed E-state index contributed by atoms with van der Waals surface area (Å²) < 4.78 is 0. The average molecular weight is 130 g/mol. The Kier molecular flexibility index (Phi) is 6.34. The van der Waals surface area contributed by atoms with Gasteiger partial charge in [0.05, 0.1) is 0 Å². The van der Waals surface area contributed by atoms with E-state index in [1.807, 2.05) is 0 Å². The molecule has 0 rings (SSSR count). The first-order chi connectivity index (χ1) is 3.55. The normalized spacial score (nSPS) is 9.56. The molecule has 0 saturated heterocycles. The van der Waals surface area contributed by atoms with Gasteiger partial charge in [0.2, 0.25) is 0 Å². The Hall–Kier alpha value is 0.00987. The van der Waals surface area contributed by atoms with Crippen LogP contribution in [0.5, 0.6) is 0 Å². The van der Waals surface area contributed by atoms with Crippen molar-refractivity contribution in [3.05, 3.63) is 0 Å². The Morgan fingerprint density at radius 2 is 1.33 bits per heavy atom. The molecule has 0 aromatic carbocycles. The summed E-state index contributed by atoms with van der Waals surface area (Å²) in [6.07, 6.45) is 0. The van der Waals surface area contributed by atoms with Crippen LogP contribution in [0.1, 0.15) is 1.43 Å². The van der Waals surface area contributed by atoms with Crippen molar-refractivity contribution >= 4 is 14.6 Å². The van der Waals surface area contributed by atoms with Gasteiger partial charge in [-0.25, -0.2) is 0 Å². The lowest BCUT2D eigenvalue weighted by atomic mass is 9.51. The maximum absolute atomic E-state index is 2.17. The molecule has 54 valence electrons. The monoisotopic (exact) mass is 130 g/mol.